The van der Waals surface area contributed by atoms with Gasteiger partial charge in [-0.25, -0.2) is 14.8 Å². The van der Waals surface area contributed by atoms with Crippen LogP contribution in [-0.2, 0) is 0 Å². The van der Waals surface area contributed by atoms with Crippen LogP contribution in [0.1, 0.15) is 43.6 Å². The largest absolute Gasteiger partial charge is 0.393 e. The van der Waals surface area contributed by atoms with Gasteiger partial charge in [-0.3, -0.25) is 10.2 Å². The lowest BCUT2D eigenvalue weighted by atomic mass is 9.97. The monoisotopic (exact) mass is 431 g/mol. The van der Waals surface area contributed by atoms with E-state index in [0.29, 0.717) is 30.4 Å². The topological polar surface area (TPSA) is 61.4 Å². The van der Waals surface area contributed by atoms with Crippen LogP contribution >= 0.6 is 0 Å². The predicted octanol–water partition coefficient (Wildman–Crippen LogP) is 4.94. The van der Waals surface area contributed by atoms with Crippen molar-refractivity contribution in [3.8, 4) is 0 Å². The van der Waals surface area contributed by atoms with Crippen LogP contribution in [0.3, 0.4) is 0 Å². The number of fused-ring (bicyclic) bond motifs is 3. The van der Waals surface area contributed by atoms with Crippen LogP contribution in [0.4, 0.5) is 35.4 Å². The van der Waals surface area contributed by atoms with Crippen molar-refractivity contribution in [3.05, 3.63) is 42.1 Å². The van der Waals surface area contributed by atoms with Crippen molar-refractivity contribution in [1.82, 2.24) is 9.97 Å². The van der Waals surface area contributed by atoms with E-state index in [4.69, 9.17) is 4.98 Å². The second kappa shape index (κ2) is 7.69. The molecule has 5 rings (SSSR count). The lowest BCUT2D eigenvalue weighted by molar-refractivity contribution is -0.176. The van der Waals surface area contributed by atoms with Crippen LogP contribution in [-0.4, -0.2) is 41.3 Å². The van der Waals surface area contributed by atoms with E-state index in [2.05, 4.69) is 10.3 Å². The Bertz CT molecular complexity index is 967. The summed E-state index contributed by atoms with van der Waals surface area (Å²) in [6, 6.07) is 8.77. The maximum atomic E-state index is 13.3. The highest BCUT2D eigenvalue weighted by Crippen LogP contribution is 2.49. The van der Waals surface area contributed by atoms with Gasteiger partial charge in [0.05, 0.1) is 5.92 Å². The zero-order valence-electron chi connectivity index (χ0n) is 17.0. The third-order valence-corrected chi connectivity index (χ3v) is 6.66. The normalized spacial score (nSPS) is 25.3. The van der Waals surface area contributed by atoms with E-state index in [1.807, 2.05) is 12.1 Å². The summed E-state index contributed by atoms with van der Waals surface area (Å²) in [5, 5.41) is 2.84. The van der Waals surface area contributed by atoms with Gasteiger partial charge in [0.25, 0.3) is 0 Å². The Morgan fingerprint density at radius 3 is 2.74 bits per heavy atom. The van der Waals surface area contributed by atoms with E-state index in [1.54, 1.807) is 34.2 Å². The van der Waals surface area contributed by atoms with Gasteiger partial charge in [-0.15, -0.1) is 0 Å². The second-order valence-electron chi connectivity index (χ2n) is 8.53. The molecule has 3 unspecified atom stereocenters. The number of hydrogen-bond acceptors (Lipinski definition) is 4. The molecule has 2 aliphatic heterocycles. The first kappa shape index (κ1) is 20.1. The SMILES string of the molecule is O=C(Nc1ccccn1)N1c2nc(N3CCCC(C(F)(F)F)C3)ccc2C2CCCC21. The molecule has 6 nitrogen and oxygen atoms in total. The molecule has 2 amide bonds. The van der Waals surface area contributed by atoms with Crippen molar-refractivity contribution in [2.75, 3.05) is 28.2 Å². The summed E-state index contributed by atoms with van der Waals surface area (Å²) in [5.41, 5.74) is 1.01. The molecule has 0 bridgehead atoms. The van der Waals surface area contributed by atoms with Crippen LogP contribution in [0.2, 0.25) is 0 Å². The van der Waals surface area contributed by atoms with Gasteiger partial charge >= 0.3 is 12.2 Å². The first-order chi connectivity index (χ1) is 14.9. The predicted molar refractivity (Wildman–Crippen MR) is 111 cm³/mol. The van der Waals surface area contributed by atoms with E-state index in [9.17, 15) is 18.0 Å². The third kappa shape index (κ3) is 3.70. The van der Waals surface area contributed by atoms with E-state index >= 15 is 0 Å². The maximum absolute atomic E-state index is 13.3. The molecular formula is C22H24F3N5O. The molecule has 0 aromatic carbocycles. The Hall–Kier alpha value is -2.84. The van der Waals surface area contributed by atoms with Crippen molar-refractivity contribution in [2.24, 2.45) is 5.92 Å². The van der Waals surface area contributed by atoms with Crippen LogP contribution in [0.5, 0.6) is 0 Å². The number of halogens is 3. The Morgan fingerprint density at radius 1 is 1.10 bits per heavy atom. The lowest BCUT2D eigenvalue weighted by Gasteiger charge is -2.35. The zero-order chi connectivity index (χ0) is 21.6. The van der Waals surface area contributed by atoms with Crippen molar-refractivity contribution in [1.29, 1.82) is 0 Å². The second-order valence-corrected chi connectivity index (χ2v) is 8.53. The summed E-state index contributed by atoms with van der Waals surface area (Å²) < 4.78 is 39.8. The molecule has 9 heteroatoms. The van der Waals surface area contributed by atoms with E-state index < -0.39 is 12.1 Å². The van der Waals surface area contributed by atoms with E-state index in [-0.39, 0.29) is 31.0 Å². The fourth-order valence-corrected chi connectivity index (χ4v) is 5.18. The summed E-state index contributed by atoms with van der Waals surface area (Å²) >= 11 is 0. The van der Waals surface area contributed by atoms with Crippen LogP contribution < -0.4 is 15.1 Å². The number of piperidine rings is 1. The zero-order valence-corrected chi connectivity index (χ0v) is 17.0. The van der Waals surface area contributed by atoms with Crippen LogP contribution in [0, 0.1) is 5.92 Å². The number of carbonyl (C=O) groups is 1. The minimum absolute atomic E-state index is 0.0192. The summed E-state index contributed by atoms with van der Waals surface area (Å²) in [4.78, 5) is 25.4. The molecule has 2 fully saturated rings. The average molecular weight is 431 g/mol. The van der Waals surface area contributed by atoms with Crippen molar-refractivity contribution in [3.63, 3.8) is 0 Å². The number of nitrogens with one attached hydrogen (secondary N) is 1. The standard InChI is InChI=1S/C22H24F3N5O/c23-22(24,25)14-5-4-12-29(13-14)19-10-9-16-15-6-3-7-17(15)30(20(16)28-19)21(31)27-18-8-1-2-11-26-18/h1-2,8-11,14-15,17H,3-7,12-13H2,(H,26,27,31). The molecule has 2 aromatic heterocycles. The van der Waals surface area contributed by atoms with Gasteiger partial charge in [-0.2, -0.15) is 13.2 Å². The smallest absolute Gasteiger partial charge is 0.356 e. The number of urea groups is 1. The summed E-state index contributed by atoms with van der Waals surface area (Å²) in [6.07, 6.45) is 0.906. The molecule has 1 saturated carbocycles. The fraction of sp³-hybridized carbons (Fsp3) is 0.500. The van der Waals surface area contributed by atoms with Crippen LogP contribution in [0.15, 0.2) is 36.5 Å². The van der Waals surface area contributed by atoms with Crippen LogP contribution in [0.25, 0.3) is 0 Å². The Labute approximate surface area is 178 Å². The molecule has 2 aromatic rings. The minimum Gasteiger partial charge on any atom is -0.356 e. The third-order valence-electron chi connectivity index (χ3n) is 6.66. The van der Waals surface area contributed by atoms with Gasteiger partial charge in [0.2, 0.25) is 0 Å². The summed E-state index contributed by atoms with van der Waals surface area (Å²) in [6.45, 7) is 0.438. The fourth-order valence-electron chi connectivity index (χ4n) is 5.18. The molecule has 164 valence electrons. The quantitative estimate of drug-likeness (QED) is 0.732. The number of amides is 2. The van der Waals surface area contributed by atoms with Gasteiger partial charge < -0.3 is 4.90 Å². The number of pyridine rings is 2. The molecule has 0 radical (unpaired) electrons. The van der Waals surface area contributed by atoms with Crippen molar-refractivity contribution >= 4 is 23.5 Å². The average Bonchev–Trinajstić information content (AvgIpc) is 3.34. The van der Waals surface area contributed by atoms with Gasteiger partial charge in [-0.05, 0) is 43.9 Å². The highest BCUT2D eigenvalue weighted by atomic mass is 19.4. The number of rotatable bonds is 2. The molecule has 0 spiro atoms. The Morgan fingerprint density at radius 2 is 1.97 bits per heavy atom. The number of aromatic nitrogens is 2. The molecular weight excluding hydrogens is 407 g/mol. The molecule has 1 aliphatic carbocycles. The molecule has 1 saturated heterocycles. The van der Waals surface area contributed by atoms with Crippen molar-refractivity contribution < 1.29 is 18.0 Å². The Kier molecular flexibility index (Phi) is 4.98. The number of anilines is 3. The van der Waals surface area contributed by atoms with Gasteiger partial charge in [0.15, 0.2) is 0 Å². The van der Waals surface area contributed by atoms with E-state index in [1.165, 1.54) is 0 Å². The minimum atomic E-state index is -4.21. The van der Waals surface area contributed by atoms with Crippen molar-refractivity contribution in [2.45, 2.75) is 50.2 Å². The lowest BCUT2D eigenvalue weighted by Crippen LogP contribution is -2.43. The first-order valence-corrected chi connectivity index (χ1v) is 10.8. The number of hydrogen-bond donors (Lipinski definition) is 1. The van der Waals surface area contributed by atoms with Gasteiger partial charge in [-0.1, -0.05) is 18.6 Å². The summed E-state index contributed by atoms with van der Waals surface area (Å²) in [7, 11) is 0. The molecule has 4 heterocycles. The summed E-state index contributed by atoms with van der Waals surface area (Å²) in [5.74, 6) is 0.392. The van der Waals surface area contributed by atoms with Gasteiger partial charge in [0.1, 0.15) is 17.5 Å². The Balaban J connectivity index is 1.44. The number of alkyl halides is 3. The molecule has 31 heavy (non-hydrogen) atoms. The molecule has 3 aliphatic rings. The number of carbonyl (C=O) groups excluding carboxylic acids is 1. The highest BCUT2D eigenvalue weighted by molar-refractivity contribution is 6.03. The first-order valence-electron chi connectivity index (χ1n) is 10.8. The molecule has 3 atom stereocenters. The molecule has 1 N–H and O–H groups in total. The highest BCUT2D eigenvalue weighted by Gasteiger charge is 2.46. The van der Waals surface area contributed by atoms with Gasteiger partial charge in [0, 0.05) is 36.8 Å². The number of nitrogens with zero attached hydrogens (tertiary/aromatic N) is 4. The van der Waals surface area contributed by atoms with E-state index in [0.717, 1.165) is 24.8 Å². The maximum Gasteiger partial charge on any atom is 0.393 e.